The summed E-state index contributed by atoms with van der Waals surface area (Å²) in [6.07, 6.45) is 1.14. The van der Waals surface area contributed by atoms with E-state index in [1.165, 1.54) is 5.56 Å². The molecular formula is C18H19ClN2S. The van der Waals surface area contributed by atoms with Gasteiger partial charge in [-0.2, -0.15) is 0 Å². The highest BCUT2D eigenvalue weighted by molar-refractivity contribution is 7.80. The molecule has 0 saturated carbocycles. The number of thiocarbonyl (C=S) groups is 1. The quantitative estimate of drug-likeness (QED) is 0.794. The number of benzene rings is 2. The normalized spacial score (nSPS) is 17.5. The molecule has 2 aromatic carbocycles. The zero-order valence-electron chi connectivity index (χ0n) is 12.6. The minimum atomic E-state index is 0.557. The Kier molecular flexibility index (Phi) is 4.65. The highest BCUT2D eigenvalue weighted by atomic mass is 35.5. The number of anilines is 1. The zero-order chi connectivity index (χ0) is 15.5. The molecule has 1 unspecified atom stereocenters. The van der Waals surface area contributed by atoms with Gasteiger partial charge in [-0.05, 0) is 48.8 Å². The third-order valence-electron chi connectivity index (χ3n) is 4.26. The van der Waals surface area contributed by atoms with E-state index in [-0.39, 0.29) is 0 Å². The largest absolute Gasteiger partial charge is 0.348 e. The van der Waals surface area contributed by atoms with E-state index >= 15 is 0 Å². The van der Waals surface area contributed by atoms with Gasteiger partial charge in [-0.25, -0.2) is 0 Å². The van der Waals surface area contributed by atoms with Crippen LogP contribution in [0.2, 0.25) is 5.02 Å². The fourth-order valence-electron chi connectivity index (χ4n) is 2.88. The molecule has 1 heterocycles. The van der Waals surface area contributed by atoms with Crippen LogP contribution in [0.25, 0.3) is 0 Å². The van der Waals surface area contributed by atoms with Gasteiger partial charge in [0, 0.05) is 29.7 Å². The fourth-order valence-corrected chi connectivity index (χ4v) is 3.33. The summed E-state index contributed by atoms with van der Waals surface area (Å²) in [6, 6.07) is 16.5. The summed E-state index contributed by atoms with van der Waals surface area (Å²) in [4.78, 5) is 2.24. The number of rotatable bonds is 2. The average Bonchev–Trinajstić information content (AvgIpc) is 3.03. The monoisotopic (exact) mass is 330 g/mol. The molecule has 3 rings (SSSR count). The van der Waals surface area contributed by atoms with Gasteiger partial charge in [-0.1, -0.05) is 48.0 Å². The second-order valence-corrected chi connectivity index (χ2v) is 6.48. The molecule has 22 heavy (non-hydrogen) atoms. The Morgan fingerprint density at radius 1 is 1.18 bits per heavy atom. The van der Waals surface area contributed by atoms with Crippen LogP contribution in [-0.4, -0.2) is 23.1 Å². The van der Waals surface area contributed by atoms with Crippen LogP contribution in [0, 0.1) is 6.92 Å². The summed E-state index contributed by atoms with van der Waals surface area (Å²) in [6.45, 7) is 3.96. The molecule has 2 nitrogen and oxygen atoms in total. The third kappa shape index (κ3) is 3.26. The maximum Gasteiger partial charge on any atom is 0.173 e. The van der Waals surface area contributed by atoms with Crippen LogP contribution >= 0.6 is 23.8 Å². The van der Waals surface area contributed by atoms with E-state index in [1.807, 2.05) is 25.1 Å². The standard InChI is InChI=1S/C18H19ClN2S/c1-13-16(19)8-5-9-17(13)20-18(22)21-11-10-15(12-21)14-6-3-2-4-7-14/h2-9,15H,10-12H2,1H3,(H,20,22). The molecule has 2 aromatic rings. The molecular weight excluding hydrogens is 312 g/mol. The maximum atomic E-state index is 6.16. The summed E-state index contributed by atoms with van der Waals surface area (Å²) in [5.41, 5.74) is 3.41. The van der Waals surface area contributed by atoms with Gasteiger partial charge in [0.1, 0.15) is 0 Å². The Bertz CT molecular complexity index is 672. The molecule has 0 bridgehead atoms. The van der Waals surface area contributed by atoms with Gasteiger partial charge >= 0.3 is 0 Å². The minimum Gasteiger partial charge on any atom is -0.348 e. The molecule has 1 fully saturated rings. The molecule has 1 aliphatic rings. The van der Waals surface area contributed by atoms with E-state index in [9.17, 15) is 0 Å². The fraction of sp³-hybridized carbons (Fsp3) is 0.278. The third-order valence-corrected chi connectivity index (χ3v) is 5.03. The average molecular weight is 331 g/mol. The van der Waals surface area contributed by atoms with Gasteiger partial charge in [0.2, 0.25) is 0 Å². The van der Waals surface area contributed by atoms with E-state index in [1.54, 1.807) is 0 Å². The van der Waals surface area contributed by atoms with Gasteiger partial charge in [0.05, 0.1) is 0 Å². The van der Waals surface area contributed by atoms with Crippen molar-refractivity contribution in [2.45, 2.75) is 19.3 Å². The second-order valence-electron chi connectivity index (χ2n) is 5.68. The Morgan fingerprint density at radius 3 is 2.73 bits per heavy atom. The van der Waals surface area contributed by atoms with Crippen molar-refractivity contribution in [2.24, 2.45) is 0 Å². The minimum absolute atomic E-state index is 0.557. The lowest BCUT2D eigenvalue weighted by molar-refractivity contribution is 0.518. The summed E-state index contributed by atoms with van der Waals surface area (Å²) in [5.74, 6) is 0.557. The van der Waals surface area contributed by atoms with E-state index in [0.29, 0.717) is 5.92 Å². The number of halogens is 1. The lowest BCUT2D eigenvalue weighted by Gasteiger charge is -2.21. The van der Waals surface area contributed by atoms with Crippen LogP contribution in [0.15, 0.2) is 48.5 Å². The number of hydrogen-bond donors (Lipinski definition) is 1. The molecule has 0 aromatic heterocycles. The van der Waals surface area contributed by atoms with Crippen molar-refractivity contribution < 1.29 is 0 Å². The van der Waals surface area contributed by atoms with Crippen molar-refractivity contribution in [1.29, 1.82) is 0 Å². The van der Waals surface area contributed by atoms with Crippen LogP contribution in [0.3, 0.4) is 0 Å². The van der Waals surface area contributed by atoms with Gasteiger partial charge in [-0.15, -0.1) is 0 Å². The molecule has 1 saturated heterocycles. The predicted octanol–water partition coefficient (Wildman–Crippen LogP) is 4.83. The first-order valence-electron chi connectivity index (χ1n) is 7.51. The first-order valence-corrected chi connectivity index (χ1v) is 8.30. The molecule has 114 valence electrons. The van der Waals surface area contributed by atoms with Crippen molar-refractivity contribution in [3.05, 3.63) is 64.7 Å². The van der Waals surface area contributed by atoms with Crippen molar-refractivity contribution >= 4 is 34.6 Å². The van der Waals surface area contributed by atoms with Crippen molar-refractivity contribution in [2.75, 3.05) is 18.4 Å². The summed E-state index contributed by atoms with van der Waals surface area (Å²) in [7, 11) is 0. The molecule has 4 heteroatoms. The van der Waals surface area contributed by atoms with Gasteiger partial charge in [-0.3, -0.25) is 0 Å². The first-order chi connectivity index (χ1) is 10.6. The van der Waals surface area contributed by atoms with Crippen LogP contribution in [0.4, 0.5) is 5.69 Å². The smallest absolute Gasteiger partial charge is 0.173 e. The summed E-state index contributed by atoms with van der Waals surface area (Å²) < 4.78 is 0. The lowest BCUT2D eigenvalue weighted by Crippen LogP contribution is -2.32. The molecule has 1 aliphatic heterocycles. The molecule has 0 spiro atoms. The van der Waals surface area contributed by atoms with Crippen molar-refractivity contribution in [3.63, 3.8) is 0 Å². The predicted molar refractivity (Wildman–Crippen MR) is 97.8 cm³/mol. The number of nitrogens with zero attached hydrogens (tertiary/aromatic N) is 1. The Hall–Kier alpha value is -1.58. The summed E-state index contributed by atoms with van der Waals surface area (Å²) in [5, 5.41) is 4.88. The molecule has 0 radical (unpaired) electrons. The number of hydrogen-bond acceptors (Lipinski definition) is 1. The number of nitrogens with one attached hydrogen (secondary N) is 1. The van der Waals surface area contributed by atoms with Crippen LogP contribution in [0.5, 0.6) is 0 Å². The molecule has 1 atom stereocenters. The van der Waals surface area contributed by atoms with E-state index < -0.39 is 0 Å². The molecule has 1 N–H and O–H groups in total. The second kappa shape index (κ2) is 6.67. The van der Waals surface area contributed by atoms with Crippen LogP contribution in [0.1, 0.15) is 23.5 Å². The topological polar surface area (TPSA) is 15.3 Å². The SMILES string of the molecule is Cc1c(Cl)cccc1NC(=S)N1CCC(c2ccccc2)C1. The van der Waals surface area contributed by atoms with Crippen LogP contribution in [-0.2, 0) is 0 Å². The van der Waals surface area contributed by atoms with E-state index in [2.05, 4.69) is 40.5 Å². The van der Waals surface area contributed by atoms with Gasteiger partial charge < -0.3 is 10.2 Å². The molecule has 0 amide bonds. The van der Waals surface area contributed by atoms with E-state index in [0.717, 1.165) is 40.9 Å². The molecule has 0 aliphatic carbocycles. The Labute approximate surface area is 142 Å². The zero-order valence-corrected chi connectivity index (χ0v) is 14.1. The highest BCUT2D eigenvalue weighted by Gasteiger charge is 2.25. The van der Waals surface area contributed by atoms with Crippen molar-refractivity contribution in [1.82, 2.24) is 4.90 Å². The first kappa shape index (κ1) is 15.3. The van der Waals surface area contributed by atoms with E-state index in [4.69, 9.17) is 23.8 Å². The maximum absolute atomic E-state index is 6.16. The van der Waals surface area contributed by atoms with Crippen LogP contribution < -0.4 is 5.32 Å². The Balaban J connectivity index is 1.66. The lowest BCUT2D eigenvalue weighted by atomic mass is 9.99. The highest BCUT2D eigenvalue weighted by Crippen LogP contribution is 2.28. The summed E-state index contributed by atoms with van der Waals surface area (Å²) >= 11 is 11.7. The van der Waals surface area contributed by atoms with Crippen molar-refractivity contribution in [3.8, 4) is 0 Å². The Morgan fingerprint density at radius 2 is 1.95 bits per heavy atom. The van der Waals surface area contributed by atoms with Gasteiger partial charge in [0.25, 0.3) is 0 Å². The van der Waals surface area contributed by atoms with Gasteiger partial charge in [0.15, 0.2) is 5.11 Å². The number of likely N-dealkylation sites (tertiary alicyclic amines) is 1.